The molecule has 0 radical (unpaired) electrons. The number of alkyl halides is 3. The molecule has 2 atom stereocenters. The maximum atomic E-state index is 17.4. The highest BCUT2D eigenvalue weighted by atomic mass is 32.1. The summed E-state index contributed by atoms with van der Waals surface area (Å²) < 4.78 is 101. The van der Waals surface area contributed by atoms with E-state index in [9.17, 15) is 9.59 Å². The first-order chi connectivity index (χ1) is 28.2. The van der Waals surface area contributed by atoms with Crippen molar-refractivity contribution in [2.75, 3.05) is 62.8 Å². The van der Waals surface area contributed by atoms with Crippen LogP contribution in [0, 0.1) is 17.0 Å². The molecule has 8 rings (SSSR count). The Morgan fingerprint density at radius 2 is 1.60 bits per heavy atom. The number of thiazole rings is 1. The second-order valence-corrected chi connectivity index (χ2v) is 19.1. The third-order valence-corrected chi connectivity index (χ3v) is 12.1. The normalized spacial score (nSPS) is 20.8. The molecular weight excluding hydrogens is 814 g/mol. The number of carbonyl (C=O) groups excluding carboxylic acids is 2. The Kier molecular flexibility index (Phi) is 10.8. The first-order valence-electron chi connectivity index (χ1n) is 20.1. The Morgan fingerprint density at radius 3 is 2.22 bits per heavy atom. The number of anilines is 2. The Balaban J connectivity index is 1.23. The van der Waals surface area contributed by atoms with E-state index in [1.54, 1.807) is 51.3 Å². The van der Waals surface area contributed by atoms with Crippen molar-refractivity contribution >= 4 is 55.6 Å². The summed E-state index contributed by atoms with van der Waals surface area (Å²) in [5.74, 6) is -2.13. The lowest BCUT2D eigenvalue weighted by atomic mass is 9.95. The highest BCUT2D eigenvalue weighted by Gasteiger charge is 2.47. The fourth-order valence-corrected chi connectivity index (χ4v) is 9.15. The van der Waals surface area contributed by atoms with Crippen LogP contribution in [0.3, 0.4) is 0 Å². The third-order valence-electron chi connectivity index (χ3n) is 11.1. The molecular formula is C41H48F5N7O6S. The minimum atomic E-state index is -5.11. The molecule has 4 fully saturated rings. The zero-order chi connectivity index (χ0) is 42.9. The molecule has 1 aliphatic carbocycles. The quantitative estimate of drug-likeness (QED) is 0.171. The molecule has 0 unspecified atom stereocenters. The van der Waals surface area contributed by atoms with Crippen molar-refractivity contribution in [3.8, 4) is 17.1 Å². The van der Waals surface area contributed by atoms with Crippen molar-refractivity contribution in [2.45, 2.75) is 96.7 Å². The monoisotopic (exact) mass is 861 g/mol. The maximum absolute atomic E-state index is 17.4. The van der Waals surface area contributed by atoms with Gasteiger partial charge in [0.25, 0.3) is 0 Å². The molecule has 13 nitrogen and oxygen atoms in total. The minimum absolute atomic E-state index is 0.0338. The number of carbonyl (C=O) groups is 2. The molecule has 60 heavy (non-hydrogen) atoms. The van der Waals surface area contributed by atoms with E-state index in [2.05, 4.69) is 20.2 Å². The van der Waals surface area contributed by atoms with E-state index in [1.165, 1.54) is 0 Å². The van der Waals surface area contributed by atoms with Crippen molar-refractivity contribution in [3.63, 3.8) is 0 Å². The smallest absolute Gasteiger partial charge is 0.417 e. The van der Waals surface area contributed by atoms with Crippen molar-refractivity contribution in [1.29, 1.82) is 0 Å². The van der Waals surface area contributed by atoms with Crippen molar-refractivity contribution in [1.82, 2.24) is 24.8 Å². The van der Waals surface area contributed by atoms with E-state index in [4.69, 9.17) is 23.9 Å². The SMILES string of the molecule is CC(C)(C)OC(=O)Nc1nc2c(-c3c(C(F)(F)F)cc4c(N5C[C@H]6CC[C@@H](C5)N6C(=O)OC(C)(C)C)nc(OCC5(CN6CCOCC6)CC5)nc4c3F)ccc(F)c2s1. The number of hydrogen-bond donors (Lipinski definition) is 1. The number of rotatable bonds is 8. The number of fused-ring (bicyclic) bond motifs is 4. The van der Waals surface area contributed by atoms with Gasteiger partial charge in [0.05, 0.1) is 47.7 Å². The summed E-state index contributed by atoms with van der Waals surface area (Å²) in [4.78, 5) is 45.0. The molecule has 2 bridgehead atoms. The highest BCUT2D eigenvalue weighted by Crippen LogP contribution is 2.49. The number of nitrogens with zero attached hydrogens (tertiary/aromatic N) is 6. The van der Waals surface area contributed by atoms with Crippen molar-refractivity contribution in [3.05, 3.63) is 35.4 Å². The number of morpholine rings is 1. The number of benzene rings is 2. The van der Waals surface area contributed by atoms with Gasteiger partial charge in [-0.25, -0.2) is 23.4 Å². The fourth-order valence-electron chi connectivity index (χ4n) is 8.27. The van der Waals surface area contributed by atoms with Gasteiger partial charge < -0.3 is 23.8 Å². The summed E-state index contributed by atoms with van der Waals surface area (Å²) in [5, 5.41) is 2.03. The molecule has 2 aromatic heterocycles. The molecule has 19 heteroatoms. The van der Waals surface area contributed by atoms with E-state index in [1.807, 2.05) is 0 Å². The standard InChI is InChI=1S/C41H48F5N7O6S/c1-38(2,3)58-36(54)50-35-48-31-24(9-10-27(42)32(31)60-35)28-26(41(44,45)46)17-25-30(29(28)43)47-34(57-21-40(11-12-40)20-51-13-15-56-16-14-51)49-33(25)52-18-22-7-8-23(19-52)53(22)37(55)59-39(4,5)6/h9-10,17,22-23H,7-8,11-16,18-21H2,1-6H3,(H,48,50,54)/t22-,23+. The number of ether oxygens (including phenoxy) is 4. The lowest BCUT2D eigenvalue weighted by Gasteiger charge is -2.42. The van der Waals surface area contributed by atoms with E-state index >= 15 is 22.0 Å². The molecule has 324 valence electrons. The first kappa shape index (κ1) is 42.1. The molecule has 3 saturated heterocycles. The van der Waals surface area contributed by atoms with Crippen molar-refractivity contribution < 1.29 is 50.5 Å². The Labute approximate surface area is 347 Å². The number of hydrogen-bond acceptors (Lipinski definition) is 12. The Hall–Kier alpha value is -4.62. The average molecular weight is 862 g/mol. The average Bonchev–Trinajstić information content (AvgIpc) is 3.68. The van der Waals surface area contributed by atoms with Crippen LogP contribution in [-0.4, -0.2) is 113 Å². The Bertz CT molecular complexity index is 2310. The summed E-state index contributed by atoms with van der Waals surface area (Å²) in [6, 6.07) is 1.88. The van der Waals surface area contributed by atoms with E-state index in [-0.39, 0.29) is 75.3 Å². The van der Waals surface area contributed by atoms with Crippen LogP contribution in [0.1, 0.15) is 72.8 Å². The van der Waals surface area contributed by atoms with E-state index < -0.39 is 57.8 Å². The molecule has 2 amide bonds. The topological polar surface area (TPSA) is 131 Å². The van der Waals surface area contributed by atoms with Crippen LogP contribution in [-0.2, 0) is 20.4 Å². The predicted molar refractivity (Wildman–Crippen MR) is 214 cm³/mol. The van der Waals surface area contributed by atoms with Crippen LogP contribution in [0.15, 0.2) is 18.2 Å². The molecule has 1 N–H and O–H groups in total. The van der Waals surface area contributed by atoms with Gasteiger partial charge in [-0.2, -0.15) is 23.1 Å². The molecule has 4 aromatic rings. The Morgan fingerprint density at radius 1 is 0.933 bits per heavy atom. The lowest BCUT2D eigenvalue weighted by molar-refractivity contribution is -0.137. The van der Waals surface area contributed by atoms with Gasteiger partial charge in [0.1, 0.15) is 28.4 Å². The second-order valence-electron chi connectivity index (χ2n) is 18.1. The van der Waals surface area contributed by atoms with Gasteiger partial charge in [0, 0.05) is 54.7 Å². The number of amides is 2. The van der Waals surface area contributed by atoms with Crippen molar-refractivity contribution in [2.24, 2.45) is 5.41 Å². The summed E-state index contributed by atoms with van der Waals surface area (Å²) in [7, 11) is 0. The van der Waals surface area contributed by atoms with Crippen LogP contribution in [0.25, 0.3) is 32.2 Å². The van der Waals surface area contributed by atoms with Crippen LogP contribution in [0.5, 0.6) is 6.01 Å². The van der Waals surface area contributed by atoms with Crippen LogP contribution in [0.2, 0.25) is 0 Å². The number of aromatic nitrogens is 3. The van der Waals surface area contributed by atoms with Crippen LogP contribution < -0.4 is 15.0 Å². The summed E-state index contributed by atoms with van der Waals surface area (Å²) in [6.07, 6.45) is -3.48. The molecule has 3 aliphatic heterocycles. The molecule has 5 heterocycles. The van der Waals surface area contributed by atoms with Gasteiger partial charge in [-0.05, 0) is 85.4 Å². The van der Waals surface area contributed by atoms with Gasteiger partial charge in [-0.3, -0.25) is 15.1 Å². The summed E-state index contributed by atoms with van der Waals surface area (Å²) in [5.41, 5.74) is -5.17. The zero-order valence-electron chi connectivity index (χ0n) is 34.3. The molecule has 1 saturated carbocycles. The van der Waals surface area contributed by atoms with E-state index in [0.717, 1.165) is 50.7 Å². The molecule has 4 aliphatic rings. The highest BCUT2D eigenvalue weighted by molar-refractivity contribution is 7.22. The van der Waals surface area contributed by atoms with E-state index in [0.29, 0.717) is 37.4 Å². The third kappa shape index (κ3) is 8.75. The summed E-state index contributed by atoms with van der Waals surface area (Å²) in [6.45, 7) is 14.4. The second kappa shape index (κ2) is 15.4. The number of halogens is 5. The minimum Gasteiger partial charge on any atom is -0.463 e. The molecule has 0 spiro atoms. The maximum Gasteiger partial charge on any atom is 0.417 e. The van der Waals surface area contributed by atoms with Gasteiger partial charge in [0.2, 0.25) is 0 Å². The number of nitrogens with one attached hydrogen (secondary N) is 1. The summed E-state index contributed by atoms with van der Waals surface area (Å²) >= 11 is 0.671. The van der Waals surface area contributed by atoms with Gasteiger partial charge in [-0.15, -0.1) is 0 Å². The van der Waals surface area contributed by atoms with Gasteiger partial charge >= 0.3 is 24.4 Å². The van der Waals surface area contributed by atoms with Gasteiger partial charge in [-0.1, -0.05) is 11.3 Å². The zero-order valence-corrected chi connectivity index (χ0v) is 35.1. The predicted octanol–water partition coefficient (Wildman–Crippen LogP) is 8.63. The lowest BCUT2D eigenvalue weighted by Crippen LogP contribution is -2.57. The molecule has 2 aromatic carbocycles. The van der Waals surface area contributed by atoms with Crippen LogP contribution >= 0.6 is 11.3 Å². The number of piperazine rings is 1. The fraction of sp³-hybridized carbons (Fsp3) is 0.585. The van der Waals surface area contributed by atoms with Crippen LogP contribution in [0.4, 0.5) is 42.5 Å². The largest absolute Gasteiger partial charge is 0.463 e. The first-order valence-corrected chi connectivity index (χ1v) is 20.9. The van der Waals surface area contributed by atoms with Gasteiger partial charge in [0.15, 0.2) is 10.9 Å².